The predicted octanol–water partition coefficient (Wildman–Crippen LogP) is 9.06. The molecule has 38 heavy (non-hydrogen) atoms. The summed E-state index contributed by atoms with van der Waals surface area (Å²) >= 11 is 1.59. The molecule has 0 saturated heterocycles. The summed E-state index contributed by atoms with van der Waals surface area (Å²) in [6, 6.07) is 48.5. The third-order valence-electron chi connectivity index (χ3n) is 6.71. The SMILES string of the molecule is c1ccc(-c2cc(-c3ccccc3)nc(Sc3cccc(-n4c5ccccc5c5ccccc54)c3)n2)cc1. The van der Waals surface area contributed by atoms with Gasteiger partial charge in [0.2, 0.25) is 0 Å². The Balaban J connectivity index is 1.33. The second-order valence-electron chi connectivity index (χ2n) is 9.12. The van der Waals surface area contributed by atoms with Crippen LogP contribution in [0.15, 0.2) is 150 Å². The molecule has 0 aliphatic rings. The minimum absolute atomic E-state index is 0.726. The van der Waals surface area contributed by atoms with Gasteiger partial charge in [-0.2, -0.15) is 0 Å². The molecule has 7 aromatic rings. The van der Waals surface area contributed by atoms with Gasteiger partial charge in [-0.25, -0.2) is 9.97 Å². The minimum Gasteiger partial charge on any atom is -0.309 e. The second kappa shape index (κ2) is 9.66. The normalized spacial score (nSPS) is 11.3. The average molecular weight is 506 g/mol. The molecule has 0 aliphatic heterocycles. The minimum atomic E-state index is 0.726. The Hall–Kier alpha value is -4.67. The van der Waals surface area contributed by atoms with Crippen LogP contribution < -0.4 is 0 Å². The molecule has 0 fully saturated rings. The third kappa shape index (κ3) is 4.15. The molecule has 0 atom stereocenters. The van der Waals surface area contributed by atoms with Crippen molar-refractivity contribution in [3.8, 4) is 28.2 Å². The molecule has 3 nitrogen and oxygen atoms in total. The van der Waals surface area contributed by atoms with E-state index in [1.54, 1.807) is 11.8 Å². The van der Waals surface area contributed by atoms with Crippen molar-refractivity contribution < 1.29 is 0 Å². The van der Waals surface area contributed by atoms with E-state index in [4.69, 9.17) is 9.97 Å². The monoisotopic (exact) mass is 505 g/mol. The Morgan fingerprint density at radius 1 is 0.474 bits per heavy atom. The molecule has 180 valence electrons. The van der Waals surface area contributed by atoms with Gasteiger partial charge in [-0.15, -0.1) is 0 Å². The molecule has 2 aromatic heterocycles. The van der Waals surface area contributed by atoms with Crippen LogP contribution >= 0.6 is 11.8 Å². The molecule has 0 aliphatic carbocycles. The number of para-hydroxylation sites is 2. The number of fused-ring (bicyclic) bond motifs is 3. The molecule has 0 unspecified atom stereocenters. The quantitative estimate of drug-likeness (QED) is 0.219. The first-order chi connectivity index (χ1) is 18.8. The van der Waals surface area contributed by atoms with E-state index >= 15 is 0 Å². The molecular formula is C34H23N3S. The molecule has 0 N–H and O–H groups in total. The summed E-state index contributed by atoms with van der Waals surface area (Å²) in [6.07, 6.45) is 0. The van der Waals surface area contributed by atoms with Crippen LogP contribution in [0.1, 0.15) is 0 Å². The first-order valence-electron chi connectivity index (χ1n) is 12.6. The number of rotatable bonds is 5. The van der Waals surface area contributed by atoms with Crippen LogP contribution in [0.25, 0.3) is 50.0 Å². The van der Waals surface area contributed by atoms with E-state index in [2.05, 4.69) is 108 Å². The Kier molecular flexibility index (Phi) is 5.72. The van der Waals surface area contributed by atoms with E-state index in [9.17, 15) is 0 Å². The van der Waals surface area contributed by atoms with Crippen LogP contribution in [0.4, 0.5) is 0 Å². The number of hydrogen-bond acceptors (Lipinski definition) is 3. The Morgan fingerprint density at radius 2 is 1.00 bits per heavy atom. The lowest BCUT2D eigenvalue weighted by atomic mass is 10.1. The lowest BCUT2D eigenvalue weighted by Gasteiger charge is -2.11. The van der Waals surface area contributed by atoms with Gasteiger partial charge in [0, 0.05) is 32.5 Å². The van der Waals surface area contributed by atoms with Gasteiger partial charge in [-0.3, -0.25) is 0 Å². The fourth-order valence-electron chi connectivity index (χ4n) is 4.98. The van der Waals surface area contributed by atoms with Crippen LogP contribution in [-0.4, -0.2) is 14.5 Å². The lowest BCUT2D eigenvalue weighted by molar-refractivity contribution is 0.978. The highest BCUT2D eigenvalue weighted by molar-refractivity contribution is 7.99. The summed E-state index contributed by atoms with van der Waals surface area (Å²) in [4.78, 5) is 11.0. The van der Waals surface area contributed by atoms with E-state index in [0.29, 0.717) is 0 Å². The standard InChI is InChI=1S/C34H23N3S/c1-3-12-24(13-4-1)30-23-31(25-14-5-2-6-15-25)36-34(35-30)38-27-17-11-16-26(22-27)37-32-20-9-7-18-28(32)29-19-8-10-21-33(29)37/h1-23H. The van der Waals surface area contributed by atoms with Gasteiger partial charge >= 0.3 is 0 Å². The Morgan fingerprint density at radius 3 is 1.58 bits per heavy atom. The van der Waals surface area contributed by atoms with E-state index in [1.807, 2.05) is 36.4 Å². The van der Waals surface area contributed by atoms with Crippen molar-refractivity contribution >= 4 is 33.6 Å². The summed E-state index contributed by atoms with van der Waals surface area (Å²) in [5, 5.41) is 3.24. The van der Waals surface area contributed by atoms with Gasteiger partial charge in [0.25, 0.3) is 0 Å². The molecule has 4 heteroatoms. The maximum Gasteiger partial charge on any atom is 0.193 e. The summed E-state index contributed by atoms with van der Waals surface area (Å²) in [6.45, 7) is 0. The van der Waals surface area contributed by atoms with Crippen molar-refractivity contribution in [1.82, 2.24) is 14.5 Å². The number of benzene rings is 5. The summed E-state index contributed by atoms with van der Waals surface area (Å²) < 4.78 is 2.34. The predicted molar refractivity (Wildman–Crippen MR) is 158 cm³/mol. The zero-order valence-corrected chi connectivity index (χ0v) is 21.3. The molecule has 0 radical (unpaired) electrons. The maximum atomic E-state index is 4.96. The van der Waals surface area contributed by atoms with Crippen LogP contribution in [0.2, 0.25) is 0 Å². The highest BCUT2D eigenvalue weighted by atomic mass is 32.2. The topological polar surface area (TPSA) is 30.7 Å². The summed E-state index contributed by atoms with van der Waals surface area (Å²) in [5.74, 6) is 0. The fraction of sp³-hybridized carbons (Fsp3) is 0. The summed E-state index contributed by atoms with van der Waals surface area (Å²) in [5.41, 5.74) is 7.51. The first kappa shape index (κ1) is 22.5. The Bertz CT molecular complexity index is 1780. The van der Waals surface area contributed by atoms with Gasteiger partial charge in [0.1, 0.15) is 0 Å². The Labute approximate surface area is 225 Å². The molecule has 5 aromatic carbocycles. The van der Waals surface area contributed by atoms with Gasteiger partial charge < -0.3 is 4.57 Å². The van der Waals surface area contributed by atoms with Gasteiger partial charge in [-0.1, -0.05) is 103 Å². The van der Waals surface area contributed by atoms with Crippen molar-refractivity contribution in [3.05, 3.63) is 140 Å². The lowest BCUT2D eigenvalue weighted by Crippen LogP contribution is -1.96. The summed E-state index contributed by atoms with van der Waals surface area (Å²) in [7, 11) is 0. The fourth-order valence-corrected chi connectivity index (χ4v) is 5.80. The van der Waals surface area contributed by atoms with Crippen LogP contribution in [0, 0.1) is 0 Å². The van der Waals surface area contributed by atoms with Crippen LogP contribution in [-0.2, 0) is 0 Å². The van der Waals surface area contributed by atoms with Crippen molar-refractivity contribution in [2.24, 2.45) is 0 Å². The van der Waals surface area contributed by atoms with E-state index < -0.39 is 0 Å². The van der Waals surface area contributed by atoms with Gasteiger partial charge in [0.15, 0.2) is 5.16 Å². The molecular weight excluding hydrogens is 482 g/mol. The van der Waals surface area contributed by atoms with Crippen molar-refractivity contribution in [3.63, 3.8) is 0 Å². The van der Waals surface area contributed by atoms with Crippen molar-refractivity contribution in [2.45, 2.75) is 10.1 Å². The third-order valence-corrected chi connectivity index (χ3v) is 7.56. The number of hydrogen-bond donors (Lipinski definition) is 0. The van der Waals surface area contributed by atoms with E-state index in [1.165, 1.54) is 21.8 Å². The molecule has 0 bridgehead atoms. The smallest absolute Gasteiger partial charge is 0.193 e. The highest BCUT2D eigenvalue weighted by Crippen LogP contribution is 2.35. The van der Waals surface area contributed by atoms with E-state index in [-0.39, 0.29) is 0 Å². The molecule has 0 spiro atoms. The zero-order valence-electron chi connectivity index (χ0n) is 20.5. The molecule has 7 rings (SSSR count). The largest absolute Gasteiger partial charge is 0.309 e. The molecule has 0 amide bonds. The highest BCUT2D eigenvalue weighted by Gasteiger charge is 2.13. The number of aromatic nitrogens is 3. The van der Waals surface area contributed by atoms with Crippen molar-refractivity contribution in [2.75, 3.05) is 0 Å². The molecule has 0 saturated carbocycles. The number of nitrogens with zero attached hydrogens (tertiary/aromatic N) is 3. The van der Waals surface area contributed by atoms with Crippen LogP contribution in [0.5, 0.6) is 0 Å². The van der Waals surface area contributed by atoms with Gasteiger partial charge in [-0.05, 0) is 48.2 Å². The second-order valence-corrected chi connectivity index (χ2v) is 10.2. The van der Waals surface area contributed by atoms with E-state index in [0.717, 1.165) is 38.3 Å². The first-order valence-corrected chi connectivity index (χ1v) is 13.4. The zero-order chi connectivity index (χ0) is 25.3. The average Bonchev–Trinajstić information content (AvgIpc) is 3.33. The van der Waals surface area contributed by atoms with Gasteiger partial charge in [0.05, 0.1) is 22.4 Å². The molecule has 2 heterocycles. The maximum absolute atomic E-state index is 4.96. The van der Waals surface area contributed by atoms with Crippen LogP contribution in [0.3, 0.4) is 0 Å². The van der Waals surface area contributed by atoms with Crippen molar-refractivity contribution in [1.29, 1.82) is 0 Å².